The van der Waals surface area contributed by atoms with Crippen molar-refractivity contribution in [1.29, 1.82) is 0 Å². The van der Waals surface area contributed by atoms with Crippen LogP contribution in [-0.2, 0) is 0 Å². The molecule has 2 atom stereocenters. The Morgan fingerprint density at radius 3 is 2.74 bits per heavy atom. The van der Waals surface area contributed by atoms with Crippen LogP contribution in [0.2, 0.25) is 0 Å². The van der Waals surface area contributed by atoms with Gasteiger partial charge in [0.25, 0.3) is 0 Å². The summed E-state index contributed by atoms with van der Waals surface area (Å²) in [6.07, 6.45) is 2.52. The van der Waals surface area contributed by atoms with Crippen LogP contribution in [0, 0.1) is 12.8 Å². The number of aryl methyl sites for hydroxylation is 1. The van der Waals surface area contributed by atoms with Crippen LogP contribution in [0.5, 0.6) is 0 Å². The predicted molar refractivity (Wildman–Crippen MR) is 77.0 cm³/mol. The van der Waals surface area contributed by atoms with Crippen molar-refractivity contribution >= 4 is 0 Å². The minimum absolute atomic E-state index is 0.296. The molecule has 19 heavy (non-hydrogen) atoms. The second-order valence-corrected chi connectivity index (χ2v) is 5.68. The average molecular weight is 263 g/mol. The molecule has 0 spiro atoms. The van der Waals surface area contributed by atoms with Crippen LogP contribution in [0.15, 0.2) is 24.3 Å². The van der Waals surface area contributed by atoms with Crippen LogP contribution in [-0.4, -0.2) is 41.4 Å². The Bertz CT molecular complexity index is 377. The van der Waals surface area contributed by atoms with Crippen molar-refractivity contribution in [3.8, 4) is 0 Å². The normalized spacial score (nSPS) is 21.7. The van der Waals surface area contributed by atoms with Gasteiger partial charge in [0, 0.05) is 19.7 Å². The molecule has 2 rings (SSSR count). The minimum atomic E-state index is -0.363. The predicted octanol–water partition coefficient (Wildman–Crippen LogP) is 2.12. The van der Waals surface area contributed by atoms with Crippen LogP contribution in [0.1, 0.15) is 36.5 Å². The summed E-state index contributed by atoms with van der Waals surface area (Å²) in [5.41, 5.74) is 2.24. The number of rotatable bonds is 6. The van der Waals surface area contributed by atoms with Crippen molar-refractivity contribution in [1.82, 2.24) is 4.90 Å². The number of aliphatic hydroxyl groups excluding tert-OH is 2. The first-order valence-electron chi connectivity index (χ1n) is 7.27. The lowest BCUT2D eigenvalue weighted by Gasteiger charge is -2.18. The zero-order valence-corrected chi connectivity index (χ0v) is 11.8. The minimum Gasteiger partial charge on any atom is -0.396 e. The van der Waals surface area contributed by atoms with E-state index in [1.165, 1.54) is 12.0 Å². The van der Waals surface area contributed by atoms with E-state index in [4.69, 9.17) is 5.11 Å². The van der Waals surface area contributed by atoms with E-state index in [2.05, 4.69) is 11.8 Å². The summed E-state index contributed by atoms with van der Waals surface area (Å²) in [5, 5.41) is 19.1. The second kappa shape index (κ2) is 7.04. The molecule has 1 aliphatic heterocycles. The SMILES string of the molecule is Cc1ccc(C(O)CCN2CCC(CCO)C2)cc1. The van der Waals surface area contributed by atoms with Crippen molar-refractivity contribution < 1.29 is 10.2 Å². The fourth-order valence-electron chi connectivity index (χ4n) is 2.79. The molecule has 3 nitrogen and oxygen atoms in total. The van der Waals surface area contributed by atoms with Crippen LogP contribution < -0.4 is 0 Å². The smallest absolute Gasteiger partial charge is 0.0802 e. The number of benzene rings is 1. The summed E-state index contributed by atoms with van der Waals surface area (Å²) < 4.78 is 0. The van der Waals surface area contributed by atoms with Crippen LogP contribution in [0.25, 0.3) is 0 Å². The molecule has 0 bridgehead atoms. The standard InChI is InChI=1S/C16H25NO2/c1-13-2-4-15(5-3-13)16(19)7-10-17-9-6-14(12-17)8-11-18/h2-5,14,16,18-19H,6-12H2,1H3. The largest absolute Gasteiger partial charge is 0.396 e. The van der Waals surface area contributed by atoms with Gasteiger partial charge >= 0.3 is 0 Å². The van der Waals surface area contributed by atoms with E-state index in [1.807, 2.05) is 24.3 Å². The lowest BCUT2D eigenvalue weighted by Crippen LogP contribution is -2.23. The summed E-state index contributed by atoms with van der Waals surface area (Å²) in [6, 6.07) is 8.12. The Balaban J connectivity index is 1.75. The second-order valence-electron chi connectivity index (χ2n) is 5.68. The Labute approximate surface area is 115 Å². The number of likely N-dealkylation sites (tertiary alicyclic amines) is 1. The molecular weight excluding hydrogens is 238 g/mol. The summed E-state index contributed by atoms with van der Waals surface area (Å²) in [7, 11) is 0. The van der Waals surface area contributed by atoms with Crippen molar-refractivity contribution in [2.24, 2.45) is 5.92 Å². The first-order valence-corrected chi connectivity index (χ1v) is 7.27. The summed E-state index contributed by atoms with van der Waals surface area (Å²) in [4.78, 5) is 2.40. The molecule has 1 aromatic carbocycles. The maximum absolute atomic E-state index is 10.2. The number of hydrogen-bond donors (Lipinski definition) is 2. The van der Waals surface area contributed by atoms with E-state index in [0.717, 1.165) is 38.0 Å². The Hall–Kier alpha value is -0.900. The molecule has 1 aliphatic rings. The van der Waals surface area contributed by atoms with E-state index >= 15 is 0 Å². The highest BCUT2D eigenvalue weighted by atomic mass is 16.3. The molecule has 3 heteroatoms. The van der Waals surface area contributed by atoms with Crippen LogP contribution in [0.4, 0.5) is 0 Å². The average Bonchev–Trinajstić information content (AvgIpc) is 2.85. The molecule has 1 aromatic rings. The van der Waals surface area contributed by atoms with Gasteiger partial charge in [0.05, 0.1) is 6.10 Å². The fourth-order valence-corrected chi connectivity index (χ4v) is 2.79. The van der Waals surface area contributed by atoms with Crippen molar-refractivity contribution in [2.75, 3.05) is 26.2 Å². The third-order valence-corrected chi connectivity index (χ3v) is 4.09. The summed E-state index contributed by atoms with van der Waals surface area (Å²) in [5.74, 6) is 0.640. The zero-order chi connectivity index (χ0) is 13.7. The van der Waals surface area contributed by atoms with Gasteiger partial charge in [0.2, 0.25) is 0 Å². The number of aliphatic hydroxyl groups is 2. The summed E-state index contributed by atoms with van der Waals surface area (Å²) >= 11 is 0. The van der Waals surface area contributed by atoms with Gasteiger partial charge in [-0.05, 0) is 44.2 Å². The van der Waals surface area contributed by atoms with Gasteiger partial charge in [0.1, 0.15) is 0 Å². The highest BCUT2D eigenvalue weighted by molar-refractivity contribution is 5.23. The summed E-state index contributed by atoms with van der Waals surface area (Å²) in [6.45, 7) is 5.47. The third kappa shape index (κ3) is 4.30. The number of nitrogens with zero attached hydrogens (tertiary/aromatic N) is 1. The molecule has 0 saturated carbocycles. The van der Waals surface area contributed by atoms with Gasteiger partial charge in [0.15, 0.2) is 0 Å². The van der Waals surface area contributed by atoms with E-state index in [-0.39, 0.29) is 6.10 Å². The molecule has 0 amide bonds. The highest BCUT2D eigenvalue weighted by Gasteiger charge is 2.22. The quantitative estimate of drug-likeness (QED) is 0.826. The molecule has 0 aromatic heterocycles. The molecular formula is C16H25NO2. The van der Waals surface area contributed by atoms with Gasteiger partial charge in [-0.3, -0.25) is 0 Å². The van der Waals surface area contributed by atoms with E-state index < -0.39 is 0 Å². The molecule has 1 fully saturated rings. The lowest BCUT2D eigenvalue weighted by atomic mass is 10.0. The number of hydrogen-bond acceptors (Lipinski definition) is 3. The monoisotopic (exact) mass is 263 g/mol. The molecule has 1 heterocycles. The molecule has 2 N–H and O–H groups in total. The van der Waals surface area contributed by atoms with Crippen LogP contribution in [0.3, 0.4) is 0 Å². The Morgan fingerprint density at radius 1 is 1.32 bits per heavy atom. The Kier molecular flexibility index (Phi) is 5.37. The highest BCUT2D eigenvalue weighted by Crippen LogP contribution is 2.22. The molecule has 0 radical (unpaired) electrons. The third-order valence-electron chi connectivity index (χ3n) is 4.09. The van der Waals surface area contributed by atoms with Gasteiger partial charge in [-0.15, -0.1) is 0 Å². The molecule has 2 unspecified atom stereocenters. The van der Waals surface area contributed by atoms with Crippen molar-refractivity contribution in [3.63, 3.8) is 0 Å². The van der Waals surface area contributed by atoms with Crippen LogP contribution >= 0.6 is 0 Å². The lowest BCUT2D eigenvalue weighted by molar-refractivity contribution is 0.147. The van der Waals surface area contributed by atoms with Gasteiger partial charge in [-0.25, -0.2) is 0 Å². The van der Waals surface area contributed by atoms with E-state index in [9.17, 15) is 5.11 Å². The molecule has 0 aliphatic carbocycles. The topological polar surface area (TPSA) is 43.7 Å². The van der Waals surface area contributed by atoms with Gasteiger partial charge in [-0.2, -0.15) is 0 Å². The fraction of sp³-hybridized carbons (Fsp3) is 0.625. The maximum atomic E-state index is 10.2. The van der Waals surface area contributed by atoms with E-state index in [0.29, 0.717) is 12.5 Å². The maximum Gasteiger partial charge on any atom is 0.0802 e. The Morgan fingerprint density at radius 2 is 2.05 bits per heavy atom. The molecule has 1 saturated heterocycles. The van der Waals surface area contributed by atoms with Gasteiger partial charge in [-0.1, -0.05) is 29.8 Å². The zero-order valence-electron chi connectivity index (χ0n) is 11.8. The van der Waals surface area contributed by atoms with E-state index in [1.54, 1.807) is 0 Å². The van der Waals surface area contributed by atoms with Gasteiger partial charge < -0.3 is 15.1 Å². The van der Waals surface area contributed by atoms with Crippen molar-refractivity contribution in [2.45, 2.75) is 32.3 Å². The first kappa shape index (κ1) is 14.5. The first-order chi connectivity index (χ1) is 9.19. The molecule has 106 valence electrons. The van der Waals surface area contributed by atoms with Crippen molar-refractivity contribution in [3.05, 3.63) is 35.4 Å².